The van der Waals surface area contributed by atoms with Crippen LogP contribution in [0.15, 0.2) is 158 Å². The molecule has 8 aromatic rings. The van der Waals surface area contributed by atoms with Gasteiger partial charge in [-0.15, -0.1) is 0 Å². The average molecular weight is 598 g/mol. The molecule has 0 spiro atoms. The van der Waals surface area contributed by atoms with Crippen molar-refractivity contribution in [2.24, 2.45) is 0 Å². The summed E-state index contributed by atoms with van der Waals surface area (Å²) in [5, 5.41) is 2.51. The molecule has 0 fully saturated rings. The number of hydrogen-bond donors (Lipinski definition) is 1. The first-order valence-corrected chi connectivity index (χ1v) is 16.4. The highest BCUT2D eigenvalue weighted by Crippen LogP contribution is 2.57. The van der Waals surface area contributed by atoms with Gasteiger partial charge in [-0.1, -0.05) is 145 Å². The number of aromatic nitrogens is 1. The van der Waals surface area contributed by atoms with Crippen LogP contribution >= 0.6 is 0 Å². The predicted octanol–water partition coefficient (Wildman–Crippen LogP) is 9.43. The Hall–Kier alpha value is -5.80. The second-order valence-corrected chi connectivity index (χ2v) is 12.9. The van der Waals surface area contributed by atoms with Gasteiger partial charge >= 0.3 is 0 Å². The smallest absolute Gasteiger partial charge is 0.197 e. The van der Waals surface area contributed by atoms with Crippen LogP contribution in [0.5, 0.6) is 0 Å². The monoisotopic (exact) mass is 597 g/mol. The van der Waals surface area contributed by atoms with E-state index in [1.807, 2.05) is 0 Å². The summed E-state index contributed by atoms with van der Waals surface area (Å²) in [6, 6.07) is 58.1. The molecule has 1 radical (unpaired) electrons. The largest absolute Gasteiger partial charge is 0.354 e. The van der Waals surface area contributed by atoms with Gasteiger partial charge in [-0.05, 0) is 64.0 Å². The molecule has 1 N–H and O–H groups in total. The maximum Gasteiger partial charge on any atom is 0.197 e. The Bertz CT molecular complexity index is 2470. The van der Waals surface area contributed by atoms with E-state index in [1.54, 1.807) is 0 Å². The van der Waals surface area contributed by atoms with Crippen LogP contribution in [-0.2, 0) is 5.41 Å². The normalized spacial score (nSPS) is 13.9. The molecule has 3 heteroatoms. The molecule has 219 valence electrons. The highest BCUT2D eigenvalue weighted by atomic mass is 15.2. The number of aromatic amines is 1. The van der Waals surface area contributed by atoms with Crippen molar-refractivity contribution < 1.29 is 0 Å². The van der Waals surface area contributed by atoms with E-state index in [-0.39, 0.29) is 0 Å². The first-order valence-electron chi connectivity index (χ1n) is 16.4. The summed E-state index contributed by atoms with van der Waals surface area (Å²) in [5.41, 5.74) is 16.9. The highest BCUT2D eigenvalue weighted by molar-refractivity contribution is 6.73. The van der Waals surface area contributed by atoms with Gasteiger partial charge in [0.25, 0.3) is 0 Å². The number of anilines is 3. The molecule has 2 aliphatic rings. The quantitative estimate of drug-likeness (QED) is 0.201. The second kappa shape index (κ2) is 9.85. The minimum absolute atomic E-state index is 0.477. The number of fused-ring (bicyclic) bond motifs is 7. The van der Waals surface area contributed by atoms with E-state index in [1.165, 1.54) is 88.7 Å². The van der Waals surface area contributed by atoms with Crippen LogP contribution in [0.1, 0.15) is 27.8 Å². The molecule has 7 aromatic carbocycles. The standard InChI is InChI=1S/C44H30BN2/c1-28-26-34(33-20-12-19-32-31-18-8-10-24-38(31)46-42(32)33)41-40(27-28)47-39-25-11-9-21-35(39)44(29-14-4-2-5-15-29,30-16-6-3-7-17-30)36-22-13-23-37(45-41)43(36)47/h2-27,46H,1H3. The lowest BCUT2D eigenvalue weighted by Crippen LogP contribution is -2.47. The maximum atomic E-state index is 3.77. The zero-order valence-electron chi connectivity index (χ0n) is 26.0. The van der Waals surface area contributed by atoms with Crippen molar-refractivity contribution in [2.75, 3.05) is 4.90 Å². The molecule has 0 unspecified atom stereocenters. The van der Waals surface area contributed by atoms with E-state index in [0.29, 0.717) is 0 Å². The third kappa shape index (κ3) is 3.57. The maximum absolute atomic E-state index is 3.77. The lowest BCUT2D eigenvalue weighted by atomic mass is 9.54. The second-order valence-electron chi connectivity index (χ2n) is 12.9. The molecule has 3 heterocycles. The molecule has 0 bridgehead atoms. The molecule has 0 aliphatic carbocycles. The third-order valence-corrected chi connectivity index (χ3v) is 10.3. The van der Waals surface area contributed by atoms with Crippen molar-refractivity contribution in [1.82, 2.24) is 4.98 Å². The first kappa shape index (κ1) is 26.4. The Labute approximate surface area is 275 Å². The van der Waals surface area contributed by atoms with Gasteiger partial charge in [0.2, 0.25) is 0 Å². The van der Waals surface area contributed by atoms with E-state index in [4.69, 9.17) is 0 Å². The lowest BCUT2D eigenvalue weighted by Gasteiger charge is -2.49. The van der Waals surface area contributed by atoms with Crippen LogP contribution in [0.25, 0.3) is 32.9 Å². The fourth-order valence-corrected chi connectivity index (χ4v) is 8.49. The predicted molar refractivity (Wildman–Crippen MR) is 198 cm³/mol. The summed E-state index contributed by atoms with van der Waals surface area (Å²) >= 11 is 0. The molecule has 0 amide bonds. The van der Waals surface area contributed by atoms with Crippen LogP contribution < -0.4 is 15.8 Å². The Morgan fingerprint density at radius 1 is 0.553 bits per heavy atom. The van der Waals surface area contributed by atoms with E-state index >= 15 is 0 Å². The number of nitrogens with zero attached hydrogens (tertiary/aromatic N) is 1. The Kier molecular flexibility index (Phi) is 5.54. The number of hydrogen-bond acceptors (Lipinski definition) is 1. The summed E-state index contributed by atoms with van der Waals surface area (Å²) in [6.07, 6.45) is 0. The van der Waals surface area contributed by atoms with E-state index in [0.717, 1.165) is 0 Å². The number of aryl methyl sites for hydroxylation is 1. The third-order valence-electron chi connectivity index (χ3n) is 10.3. The van der Waals surface area contributed by atoms with E-state index < -0.39 is 5.41 Å². The van der Waals surface area contributed by atoms with Gasteiger partial charge in [0, 0.05) is 33.2 Å². The summed E-state index contributed by atoms with van der Waals surface area (Å²) < 4.78 is 0. The number of benzene rings is 7. The molecule has 1 aromatic heterocycles. The topological polar surface area (TPSA) is 19.0 Å². The number of rotatable bonds is 3. The molecule has 0 saturated carbocycles. The van der Waals surface area contributed by atoms with Gasteiger partial charge < -0.3 is 9.88 Å². The van der Waals surface area contributed by atoms with Gasteiger partial charge in [-0.25, -0.2) is 0 Å². The Morgan fingerprint density at radius 2 is 1.21 bits per heavy atom. The highest BCUT2D eigenvalue weighted by Gasteiger charge is 2.48. The zero-order chi connectivity index (χ0) is 31.1. The fraction of sp³-hybridized carbons (Fsp3) is 0.0455. The summed E-state index contributed by atoms with van der Waals surface area (Å²) in [4.78, 5) is 6.31. The van der Waals surface area contributed by atoms with E-state index in [2.05, 4.69) is 182 Å². The average Bonchev–Trinajstić information content (AvgIpc) is 3.51. The van der Waals surface area contributed by atoms with Gasteiger partial charge in [0.15, 0.2) is 7.28 Å². The minimum atomic E-state index is -0.477. The molecule has 2 nitrogen and oxygen atoms in total. The summed E-state index contributed by atoms with van der Waals surface area (Å²) in [6.45, 7) is 2.23. The number of H-pyrrole nitrogens is 1. The first-order chi connectivity index (χ1) is 23.2. The molecule has 2 aliphatic heterocycles. The van der Waals surface area contributed by atoms with Gasteiger partial charge in [0.1, 0.15) is 0 Å². The summed E-state index contributed by atoms with van der Waals surface area (Å²) in [5.74, 6) is 0. The van der Waals surface area contributed by atoms with Crippen LogP contribution in [0.4, 0.5) is 17.1 Å². The van der Waals surface area contributed by atoms with Crippen molar-refractivity contribution in [3.63, 3.8) is 0 Å². The number of para-hydroxylation sites is 4. The van der Waals surface area contributed by atoms with Crippen LogP contribution in [-0.4, -0.2) is 12.3 Å². The van der Waals surface area contributed by atoms with Crippen LogP contribution in [0.3, 0.4) is 0 Å². The van der Waals surface area contributed by atoms with Crippen molar-refractivity contribution in [2.45, 2.75) is 12.3 Å². The molecule has 10 rings (SSSR count). The molecule has 0 atom stereocenters. The minimum Gasteiger partial charge on any atom is -0.354 e. The van der Waals surface area contributed by atoms with E-state index in [9.17, 15) is 0 Å². The molecule has 47 heavy (non-hydrogen) atoms. The fourth-order valence-electron chi connectivity index (χ4n) is 8.49. The zero-order valence-corrected chi connectivity index (χ0v) is 26.0. The molecule has 0 saturated heterocycles. The Morgan fingerprint density at radius 3 is 2.02 bits per heavy atom. The van der Waals surface area contributed by atoms with Crippen molar-refractivity contribution >= 4 is 57.1 Å². The van der Waals surface area contributed by atoms with Gasteiger partial charge in [0.05, 0.1) is 16.6 Å². The van der Waals surface area contributed by atoms with Crippen LogP contribution in [0.2, 0.25) is 0 Å². The molecular formula is C44H30BN2. The van der Waals surface area contributed by atoms with Gasteiger partial charge in [-0.2, -0.15) is 0 Å². The van der Waals surface area contributed by atoms with Gasteiger partial charge in [-0.3, -0.25) is 0 Å². The van der Waals surface area contributed by atoms with Crippen molar-refractivity contribution in [1.29, 1.82) is 0 Å². The number of nitrogens with one attached hydrogen (secondary N) is 1. The SMILES string of the molecule is Cc1cc(-c2cccc3c2[nH]c2ccccc23)c2c(c1)N1c3ccccc3C(c3ccccc3)(c3ccccc3)c3cccc(c31)[B]2. The Balaban J connectivity index is 1.29. The van der Waals surface area contributed by atoms with Crippen LogP contribution in [0, 0.1) is 6.92 Å². The van der Waals surface area contributed by atoms with Crippen molar-refractivity contribution in [3.8, 4) is 11.1 Å². The van der Waals surface area contributed by atoms with Crippen molar-refractivity contribution in [3.05, 3.63) is 186 Å². The molecular weight excluding hydrogens is 567 g/mol. The lowest BCUT2D eigenvalue weighted by molar-refractivity contribution is 0.732. The summed E-state index contributed by atoms with van der Waals surface area (Å²) in [7, 11) is 2.43.